The minimum Gasteiger partial charge on any atom is -0.373 e. The van der Waals surface area contributed by atoms with Gasteiger partial charge >= 0.3 is 0 Å². The molecule has 0 bridgehead atoms. The molecule has 1 amide bonds. The predicted molar refractivity (Wildman–Crippen MR) is 80.9 cm³/mol. The Morgan fingerprint density at radius 1 is 1.48 bits per heavy atom. The average Bonchev–Trinajstić information content (AvgIpc) is 3.24. The van der Waals surface area contributed by atoms with Crippen molar-refractivity contribution < 1.29 is 13.9 Å². The topological polar surface area (TPSA) is 69.0 Å². The summed E-state index contributed by atoms with van der Waals surface area (Å²) in [5.74, 6) is -0.203. The van der Waals surface area contributed by atoms with Gasteiger partial charge in [-0.3, -0.25) is 4.79 Å². The molecule has 122 valence electrons. The standard InChI is InChI=1S/C16H19FN4O2/c1-11(21-10-18-9-20-21)16(22)19-8-13-6-7-23-15(13)12-2-4-14(17)5-3-12/h2-5,9-11,13,15H,6-8H2,1H3,(H,19,22)/t11-,13-,15-/m0/s1. The quantitative estimate of drug-likeness (QED) is 0.914. The molecule has 1 N–H and O–H groups in total. The molecule has 1 aromatic heterocycles. The largest absolute Gasteiger partial charge is 0.373 e. The second-order valence-corrected chi connectivity index (χ2v) is 5.69. The van der Waals surface area contributed by atoms with Crippen LogP contribution in [0.25, 0.3) is 0 Å². The highest BCUT2D eigenvalue weighted by molar-refractivity contribution is 5.79. The summed E-state index contributed by atoms with van der Waals surface area (Å²) < 4.78 is 20.3. The first-order valence-electron chi connectivity index (χ1n) is 7.64. The van der Waals surface area contributed by atoms with Crippen molar-refractivity contribution in [2.75, 3.05) is 13.2 Å². The number of nitrogens with one attached hydrogen (secondary N) is 1. The SMILES string of the molecule is C[C@@H](C(=O)NC[C@@H]1CCO[C@H]1c1ccc(F)cc1)n1cncn1. The highest BCUT2D eigenvalue weighted by atomic mass is 19.1. The number of ether oxygens (including phenoxy) is 1. The van der Waals surface area contributed by atoms with Crippen molar-refractivity contribution in [2.45, 2.75) is 25.5 Å². The lowest BCUT2D eigenvalue weighted by atomic mass is 9.95. The zero-order valence-electron chi connectivity index (χ0n) is 12.9. The summed E-state index contributed by atoms with van der Waals surface area (Å²) in [5, 5.41) is 6.91. The van der Waals surface area contributed by atoms with Gasteiger partial charge in [0.2, 0.25) is 5.91 Å². The number of nitrogens with zero attached hydrogens (tertiary/aromatic N) is 3. The normalized spacial score (nSPS) is 22.0. The van der Waals surface area contributed by atoms with E-state index in [1.807, 2.05) is 0 Å². The van der Waals surface area contributed by atoms with Gasteiger partial charge in [0.25, 0.3) is 0 Å². The number of aromatic nitrogens is 3. The number of carbonyl (C=O) groups is 1. The lowest BCUT2D eigenvalue weighted by Gasteiger charge is -2.20. The lowest BCUT2D eigenvalue weighted by Crippen LogP contribution is -2.35. The van der Waals surface area contributed by atoms with Gasteiger partial charge in [0.05, 0.1) is 6.10 Å². The Bertz CT molecular complexity index is 645. The number of carbonyl (C=O) groups excluding carboxylic acids is 1. The first-order valence-corrected chi connectivity index (χ1v) is 7.64. The van der Waals surface area contributed by atoms with Gasteiger partial charge in [0.15, 0.2) is 0 Å². The van der Waals surface area contributed by atoms with E-state index < -0.39 is 6.04 Å². The van der Waals surface area contributed by atoms with Gasteiger partial charge in [0, 0.05) is 19.1 Å². The Balaban J connectivity index is 1.58. The molecule has 2 heterocycles. The maximum atomic E-state index is 13.0. The predicted octanol–water partition coefficient (Wildman–Crippen LogP) is 1.87. The van der Waals surface area contributed by atoms with Crippen LogP contribution >= 0.6 is 0 Å². The van der Waals surface area contributed by atoms with Crippen LogP contribution in [0.3, 0.4) is 0 Å². The van der Waals surface area contributed by atoms with Crippen LogP contribution in [0.2, 0.25) is 0 Å². The molecule has 0 radical (unpaired) electrons. The van der Waals surface area contributed by atoms with Gasteiger partial charge in [-0.2, -0.15) is 5.10 Å². The minimum absolute atomic E-state index is 0.111. The molecular formula is C16H19FN4O2. The first kappa shape index (κ1) is 15.6. The van der Waals surface area contributed by atoms with Crippen LogP contribution in [0.15, 0.2) is 36.9 Å². The van der Waals surface area contributed by atoms with Crippen molar-refractivity contribution in [1.29, 1.82) is 0 Å². The van der Waals surface area contributed by atoms with Gasteiger partial charge in [-0.1, -0.05) is 12.1 Å². The minimum atomic E-state index is -0.413. The van der Waals surface area contributed by atoms with E-state index in [9.17, 15) is 9.18 Å². The lowest BCUT2D eigenvalue weighted by molar-refractivity contribution is -0.124. The third-order valence-electron chi connectivity index (χ3n) is 4.16. The maximum Gasteiger partial charge on any atom is 0.244 e. The second kappa shape index (κ2) is 6.87. The summed E-state index contributed by atoms with van der Waals surface area (Å²) >= 11 is 0. The smallest absolute Gasteiger partial charge is 0.244 e. The van der Waals surface area contributed by atoms with Crippen LogP contribution < -0.4 is 5.32 Å². The Morgan fingerprint density at radius 2 is 2.26 bits per heavy atom. The molecular weight excluding hydrogens is 299 g/mol. The number of amides is 1. The first-order chi connectivity index (χ1) is 11.1. The van der Waals surface area contributed by atoms with Crippen LogP contribution in [-0.4, -0.2) is 33.8 Å². The summed E-state index contributed by atoms with van der Waals surface area (Å²) in [6.45, 7) is 2.92. The summed E-state index contributed by atoms with van der Waals surface area (Å²) in [6, 6.07) is 5.92. The molecule has 0 unspecified atom stereocenters. The van der Waals surface area contributed by atoms with Gasteiger partial charge < -0.3 is 10.1 Å². The summed E-state index contributed by atoms with van der Waals surface area (Å²) in [5.41, 5.74) is 0.937. The molecule has 0 spiro atoms. The second-order valence-electron chi connectivity index (χ2n) is 5.69. The zero-order chi connectivity index (χ0) is 16.2. The molecule has 6 nitrogen and oxygen atoms in total. The van der Waals surface area contributed by atoms with Crippen molar-refractivity contribution in [3.8, 4) is 0 Å². The number of rotatable bonds is 5. The molecule has 0 aliphatic carbocycles. The maximum absolute atomic E-state index is 13.0. The Morgan fingerprint density at radius 3 is 2.96 bits per heavy atom. The number of halogens is 1. The molecule has 3 rings (SSSR count). The molecule has 3 atom stereocenters. The Kier molecular flexibility index (Phi) is 4.66. The highest BCUT2D eigenvalue weighted by Gasteiger charge is 2.30. The average molecular weight is 318 g/mol. The van der Waals surface area contributed by atoms with E-state index in [4.69, 9.17) is 4.74 Å². The van der Waals surface area contributed by atoms with Crippen LogP contribution in [0.1, 0.15) is 31.1 Å². The number of benzene rings is 1. The summed E-state index contributed by atoms with van der Waals surface area (Å²) in [6.07, 6.45) is 3.67. The fraction of sp³-hybridized carbons (Fsp3) is 0.438. The van der Waals surface area contributed by atoms with Gasteiger partial charge in [-0.25, -0.2) is 14.1 Å². The van der Waals surface area contributed by atoms with Crippen molar-refractivity contribution in [1.82, 2.24) is 20.1 Å². The molecule has 1 fully saturated rings. The third kappa shape index (κ3) is 3.56. The van der Waals surface area contributed by atoms with E-state index in [0.717, 1.165) is 12.0 Å². The summed E-state index contributed by atoms with van der Waals surface area (Å²) in [4.78, 5) is 16.0. The van der Waals surface area contributed by atoms with Gasteiger partial charge in [-0.05, 0) is 31.0 Å². The van der Waals surface area contributed by atoms with E-state index in [2.05, 4.69) is 15.4 Å². The molecule has 1 aliphatic heterocycles. The zero-order valence-corrected chi connectivity index (χ0v) is 12.9. The van der Waals surface area contributed by atoms with Crippen molar-refractivity contribution in [2.24, 2.45) is 5.92 Å². The van der Waals surface area contributed by atoms with Crippen molar-refractivity contribution in [3.05, 3.63) is 48.3 Å². The Labute approximate surface area is 133 Å². The van der Waals surface area contributed by atoms with Crippen LogP contribution in [0.5, 0.6) is 0 Å². The van der Waals surface area contributed by atoms with E-state index in [1.165, 1.54) is 29.5 Å². The van der Waals surface area contributed by atoms with Gasteiger partial charge in [0.1, 0.15) is 24.5 Å². The molecule has 0 saturated carbocycles. The van der Waals surface area contributed by atoms with E-state index >= 15 is 0 Å². The van der Waals surface area contributed by atoms with E-state index in [1.54, 1.807) is 19.1 Å². The molecule has 7 heteroatoms. The third-order valence-corrected chi connectivity index (χ3v) is 4.16. The van der Waals surface area contributed by atoms with Crippen LogP contribution in [0, 0.1) is 11.7 Å². The van der Waals surface area contributed by atoms with Crippen LogP contribution in [-0.2, 0) is 9.53 Å². The fourth-order valence-corrected chi connectivity index (χ4v) is 2.78. The Hall–Kier alpha value is -2.28. The summed E-state index contributed by atoms with van der Waals surface area (Å²) in [7, 11) is 0. The van der Waals surface area contributed by atoms with Gasteiger partial charge in [-0.15, -0.1) is 0 Å². The van der Waals surface area contributed by atoms with E-state index in [-0.39, 0.29) is 23.7 Å². The van der Waals surface area contributed by atoms with E-state index in [0.29, 0.717) is 13.2 Å². The molecule has 1 saturated heterocycles. The van der Waals surface area contributed by atoms with Crippen molar-refractivity contribution in [3.63, 3.8) is 0 Å². The number of hydrogen-bond donors (Lipinski definition) is 1. The monoisotopic (exact) mass is 318 g/mol. The molecule has 1 aromatic carbocycles. The molecule has 2 aromatic rings. The molecule has 1 aliphatic rings. The van der Waals surface area contributed by atoms with Crippen LogP contribution in [0.4, 0.5) is 4.39 Å². The highest BCUT2D eigenvalue weighted by Crippen LogP contribution is 2.34. The number of hydrogen-bond acceptors (Lipinski definition) is 4. The molecule has 23 heavy (non-hydrogen) atoms. The van der Waals surface area contributed by atoms with Crippen molar-refractivity contribution >= 4 is 5.91 Å². The fourth-order valence-electron chi connectivity index (χ4n) is 2.78.